The fourth-order valence-electron chi connectivity index (χ4n) is 2.54. The largest absolute Gasteiger partial charge is 0.452 e. The Hall–Kier alpha value is -3.12. The Morgan fingerprint density at radius 2 is 1.92 bits per heavy atom. The van der Waals surface area contributed by atoms with E-state index in [1.165, 1.54) is 0 Å². The van der Waals surface area contributed by atoms with Gasteiger partial charge in [-0.05, 0) is 36.8 Å². The molecule has 0 saturated carbocycles. The molecule has 1 amide bonds. The first-order valence-electron chi connectivity index (χ1n) is 7.79. The number of aromatic amines is 1. The third-order valence-corrected chi connectivity index (χ3v) is 4.00. The van der Waals surface area contributed by atoms with Crippen molar-refractivity contribution < 1.29 is 14.3 Å². The molecular formula is C19H15ClN2O4. The average molecular weight is 371 g/mol. The van der Waals surface area contributed by atoms with Crippen LogP contribution < -0.4 is 10.9 Å². The van der Waals surface area contributed by atoms with Gasteiger partial charge in [-0.3, -0.25) is 9.59 Å². The smallest absolute Gasteiger partial charge is 0.339 e. The molecule has 0 radical (unpaired) electrons. The van der Waals surface area contributed by atoms with E-state index in [1.807, 2.05) is 0 Å². The molecule has 6 nitrogen and oxygen atoms in total. The van der Waals surface area contributed by atoms with E-state index in [9.17, 15) is 14.4 Å². The van der Waals surface area contributed by atoms with Crippen LogP contribution in [0.5, 0.6) is 0 Å². The van der Waals surface area contributed by atoms with Crippen LogP contribution >= 0.6 is 11.6 Å². The number of aryl methyl sites for hydroxylation is 1. The zero-order chi connectivity index (χ0) is 18.7. The highest BCUT2D eigenvalue weighted by Gasteiger charge is 2.15. The lowest BCUT2D eigenvalue weighted by molar-refractivity contribution is -0.119. The number of aromatic nitrogens is 1. The fraction of sp³-hybridized carbons (Fsp3) is 0.105. The number of amides is 1. The molecule has 26 heavy (non-hydrogen) atoms. The van der Waals surface area contributed by atoms with Crippen LogP contribution in [-0.4, -0.2) is 23.5 Å². The lowest BCUT2D eigenvalue weighted by Gasteiger charge is -2.10. The van der Waals surface area contributed by atoms with Crippen molar-refractivity contribution in [3.8, 4) is 0 Å². The minimum absolute atomic E-state index is 0.111. The molecule has 0 bridgehead atoms. The van der Waals surface area contributed by atoms with E-state index < -0.39 is 24.0 Å². The van der Waals surface area contributed by atoms with E-state index >= 15 is 0 Å². The van der Waals surface area contributed by atoms with Gasteiger partial charge in [-0.2, -0.15) is 0 Å². The van der Waals surface area contributed by atoms with E-state index in [-0.39, 0.29) is 5.56 Å². The van der Waals surface area contributed by atoms with Gasteiger partial charge in [0.1, 0.15) is 0 Å². The number of fused-ring (bicyclic) bond motifs is 1. The summed E-state index contributed by atoms with van der Waals surface area (Å²) in [7, 11) is 0. The van der Waals surface area contributed by atoms with Gasteiger partial charge in [-0.15, -0.1) is 0 Å². The summed E-state index contributed by atoms with van der Waals surface area (Å²) in [5.41, 5.74) is 1.58. The van der Waals surface area contributed by atoms with Crippen LogP contribution in [0.1, 0.15) is 15.9 Å². The maximum Gasteiger partial charge on any atom is 0.339 e. The molecule has 1 aromatic heterocycles. The summed E-state index contributed by atoms with van der Waals surface area (Å²) >= 11 is 5.87. The third kappa shape index (κ3) is 3.92. The topological polar surface area (TPSA) is 88.3 Å². The van der Waals surface area contributed by atoms with Crippen molar-refractivity contribution in [2.45, 2.75) is 6.92 Å². The van der Waals surface area contributed by atoms with Gasteiger partial charge in [0.05, 0.1) is 5.56 Å². The molecule has 2 N–H and O–H groups in total. The number of ether oxygens (including phenoxy) is 1. The number of rotatable bonds is 4. The number of halogens is 1. The molecule has 0 saturated heterocycles. The normalized spacial score (nSPS) is 10.5. The predicted octanol–water partition coefficient (Wildman–Crippen LogP) is 3.29. The van der Waals surface area contributed by atoms with Crippen molar-refractivity contribution >= 4 is 40.1 Å². The Bertz CT molecular complexity index is 1060. The Kier molecular flexibility index (Phi) is 5.04. The maximum atomic E-state index is 12.3. The van der Waals surface area contributed by atoms with Crippen molar-refractivity contribution in [1.82, 2.24) is 4.98 Å². The van der Waals surface area contributed by atoms with Crippen molar-refractivity contribution in [2.24, 2.45) is 0 Å². The second-order valence-electron chi connectivity index (χ2n) is 5.68. The molecule has 0 aliphatic heterocycles. The molecule has 3 rings (SSSR count). The monoisotopic (exact) mass is 370 g/mol. The zero-order valence-corrected chi connectivity index (χ0v) is 14.6. The third-order valence-electron chi connectivity index (χ3n) is 3.77. The summed E-state index contributed by atoms with van der Waals surface area (Å²) in [6, 6.07) is 13.1. The van der Waals surface area contributed by atoms with E-state index in [4.69, 9.17) is 16.3 Å². The molecule has 0 atom stereocenters. The van der Waals surface area contributed by atoms with E-state index in [0.29, 0.717) is 21.6 Å². The summed E-state index contributed by atoms with van der Waals surface area (Å²) in [4.78, 5) is 38.7. The first-order valence-corrected chi connectivity index (χ1v) is 8.17. The number of benzene rings is 2. The van der Waals surface area contributed by atoms with Crippen molar-refractivity contribution in [3.05, 3.63) is 75.0 Å². The highest BCUT2D eigenvalue weighted by Crippen LogP contribution is 2.19. The number of H-pyrrole nitrogens is 1. The number of nitrogens with one attached hydrogen (secondary N) is 2. The van der Waals surface area contributed by atoms with Crippen LogP contribution in [-0.2, 0) is 9.53 Å². The second-order valence-corrected chi connectivity index (χ2v) is 6.11. The van der Waals surface area contributed by atoms with E-state index in [1.54, 1.807) is 49.4 Å². The number of esters is 1. The number of carbonyl (C=O) groups excluding carboxylic acids is 2. The Balaban J connectivity index is 1.71. The number of anilines is 1. The molecule has 0 spiro atoms. The number of para-hydroxylation sites is 1. The summed E-state index contributed by atoms with van der Waals surface area (Å²) in [6.45, 7) is 1.33. The second kappa shape index (κ2) is 7.41. The molecule has 0 fully saturated rings. The summed E-state index contributed by atoms with van der Waals surface area (Å²) < 4.78 is 5.06. The highest BCUT2D eigenvalue weighted by atomic mass is 35.5. The fourth-order valence-corrected chi connectivity index (χ4v) is 2.76. The Morgan fingerprint density at radius 1 is 1.15 bits per heavy atom. The molecule has 1 heterocycles. The van der Waals surface area contributed by atoms with Gasteiger partial charge in [0, 0.05) is 27.7 Å². The molecule has 7 heteroatoms. The quantitative estimate of drug-likeness (QED) is 0.690. The minimum atomic E-state index is -0.740. The van der Waals surface area contributed by atoms with Crippen molar-refractivity contribution in [1.29, 1.82) is 0 Å². The summed E-state index contributed by atoms with van der Waals surface area (Å²) in [6.07, 6.45) is 0. The van der Waals surface area contributed by atoms with Gasteiger partial charge in [0.25, 0.3) is 5.91 Å². The predicted molar refractivity (Wildman–Crippen MR) is 99.7 cm³/mol. The molecular weight excluding hydrogens is 356 g/mol. The van der Waals surface area contributed by atoms with Crippen molar-refractivity contribution in [2.75, 3.05) is 11.9 Å². The minimum Gasteiger partial charge on any atom is -0.452 e. The number of hydrogen-bond donors (Lipinski definition) is 2. The van der Waals surface area contributed by atoms with Crippen LogP contribution in [0.15, 0.2) is 53.3 Å². The van der Waals surface area contributed by atoms with Crippen LogP contribution in [0, 0.1) is 6.92 Å². The van der Waals surface area contributed by atoms with Gasteiger partial charge in [0.2, 0.25) is 5.56 Å². The van der Waals surface area contributed by atoms with Crippen LogP contribution in [0.2, 0.25) is 5.02 Å². The zero-order valence-electron chi connectivity index (χ0n) is 13.8. The SMILES string of the molecule is Cc1cc(Cl)ccc1NC(=O)COC(=O)c1cc(=O)[nH]c2ccccc12. The molecule has 0 aliphatic carbocycles. The standard InChI is InChI=1S/C19H15ClN2O4/c1-11-8-12(20)6-7-15(11)21-18(24)10-26-19(25)14-9-17(23)22-16-5-3-2-4-13(14)16/h2-9H,10H2,1H3,(H,21,24)(H,22,23). The summed E-state index contributed by atoms with van der Waals surface area (Å²) in [5.74, 6) is -1.23. The Morgan fingerprint density at radius 3 is 2.69 bits per heavy atom. The molecule has 2 aromatic carbocycles. The molecule has 3 aromatic rings. The van der Waals surface area contributed by atoms with Gasteiger partial charge in [0.15, 0.2) is 6.61 Å². The Labute approximate surface area is 153 Å². The van der Waals surface area contributed by atoms with Crippen LogP contribution in [0.4, 0.5) is 5.69 Å². The van der Waals surface area contributed by atoms with Gasteiger partial charge >= 0.3 is 5.97 Å². The number of carbonyl (C=O) groups is 2. The van der Waals surface area contributed by atoms with E-state index in [0.717, 1.165) is 11.6 Å². The number of pyridine rings is 1. The molecule has 132 valence electrons. The van der Waals surface area contributed by atoms with E-state index in [2.05, 4.69) is 10.3 Å². The van der Waals surface area contributed by atoms with Crippen LogP contribution in [0.25, 0.3) is 10.9 Å². The lowest BCUT2D eigenvalue weighted by atomic mass is 10.1. The highest BCUT2D eigenvalue weighted by molar-refractivity contribution is 6.30. The van der Waals surface area contributed by atoms with Gasteiger partial charge < -0.3 is 15.0 Å². The van der Waals surface area contributed by atoms with Gasteiger partial charge in [-0.1, -0.05) is 29.8 Å². The molecule has 0 aliphatic rings. The lowest BCUT2D eigenvalue weighted by Crippen LogP contribution is -2.22. The van der Waals surface area contributed by atoms with Gasteiger partial charge in [-0.25, -0.2) is 4.79 Å². The first kappa shape index (κ1) is 17.7. The number of hydrogen-bond acceptors (Lipinski definition) is 4. The van der Waals surface area contributed by atoms with Crippen LogP contribution in [0.3, 0.4) is 0 Å². The maximum absolute atomic E-state index is 12.3. The summed E-state index contributed by atoms with van der Waals surface area (Å²) in [5, 5.41) is 3.76. The average Bonchev–Trinajstić information content (AvgIpc) is 2.61. The van der Waals surface area contributed by atoms with Crippen molar-refractivity contribution in [3.63, 3.8) is 0 Å². The first-order chi connectivity index (χ1) is 12.4. The molecule has 0 unspecified atom stereocenters.